The van der Waals surface area contributed by atoms with Crippen LogP contribution in [0.3, 0.4) is 0 Å². The van der Waals surface area contributed by atoms with Crippen LogP contribution in [0.1, 0.15) is 32.6 Å². The van der Waals surface area contributed by atoms with Gasteiger partial charge in [-0.15, -0.1) is 0 Å². The summed E-state index contributed by atoms with van der Waals surface area (Å²) in [7, 11) is -2.29. The van der Waals surface area contributed by atoms with Gasteiger partial charge in [0.05, 0.1) is 6.61 Å². The molecule has 1 saturated heterocycles. The smallest absolute Gasteiger partial charge is 0.322 e. The lowest BCUT2D eigenvalue weighted by molar-refractivity contribution is -0.142. The van der Waals surface area contributed by atoms with Crippen molar-refractivity contribution in [2.24, 2.45) is 0 Å². The Morgan fingerprint density at radius 2 is 2.21 bits per heavy atom. The van der Waals surface area contributed by atoms with Crippen LogP contribution in [0.4, 0.5) is 0 Å². The van der Waals surface area contributed by atoms with E-state index in [-0.39, 0.29) is 19.2 Å². The van der Waals surface area contributed by atoms with E-state index in [0.717, 1.165) is 10.7 Å². The highest BCUT2D eigenvalue weighted by atomic mass is 32.2. The van der Waals surface area contributed by atoms with Gasteiger partial charge in [-0.05, 0) is 25.7 Å². The second kappa shape index (κ2) is 7.18. The maximum absolute atomic E-state index is 12.2. The summed E-state index contributed by atoms with van der Waals surface area (Å²) < 4.78 is 33.0. The third kappa shape index (κ3) is 4.41. The monoisotopic (exact) mass is 294 g/mol. The molecule has 0 amide bonds. The molecule has 0 bridgehead atoms. The largest absolute Gasteiger partial charge is 0.480 e. The Kier molecular flexibility index (Phi) is 6.18. The van der Waals surface area contributed by atoms with Crippen LogP contribution < -0.4 is 4.72 Å². The lowest BCUT2D eigenvalue weighted by Crippen LogP contribution is -2.54. The summed E-state index contributed by atoms with van der Waals surface area (Å²) in [5, 5.41) is 9.11. The molecule has 1 fully saturated rings. The maximum atomic E-state index is 12.2. The molecule has 0 aliphatic carbocycles. The average molecular weight is 294 g/mol. The molecule has 0 radical (unpaired) electrons. The van der Waals surface area contributed by atoms with E-state index in [0.29, 0.717) is 19.3 Å². The van der Waals surface area contributed by atoms with Crippen molar-refractivity contribution in [3.05, 3.63) is 0 Å². The van der Waals surface area contributed by atoms with Gasteiger partial charge in [-0.1, -0.05) is 6.92 Å². The minimum absolute atomic E-state index is 0.246. The molecule has 2 unspecified atom stereocenters. The van der Waals surface area contributed by atoms with Crippen LogP contribution in [0, 0.1) is 0 Å². The summed E-state index contributed by atoms with van der Waals surface area (Å²) in [6.07, 6.45) is 2.36. The van der Waals surface area contributed by atoms with Gasteiger partial charge in [-0.25, -0.2) is 0 Å². The van der Waals surface area contributed by atoms with Crippen LogP contribution in [0.15, 0.2) is 0 Å². The van der Waals surface area contributed by atoms with Gasteiger partial charge in [0.2, 0.25) is 0 Å². The summed E-state index contributed by atoms with van der Waals surface area (Å²) >= 11 is 0. The highest BCUT2D eigenvalue weighted by Gasteiger charge is 2.37. The van der Waals surface area contributed by atoms with Crippen molar-refractivity contribution in [3.8, 4) is 0 Å². The molecule has 1 rings (SSSR count). The number of carboxylic acids is 1. The number of hydrogen-bond acceptors (Lipinski definition) is 4. The Hall–Kier alpha value is -0.700. The molecule has 8 heteroatoms. The number of piperidine rings is 1. The minimum Gasteiger partial charge on any atom is -0.480 e. The quantitative estimate of drug-likeness (QED) is 0.698. The first-order chi connectivity index (χ1) is 8.92. The van der Waals surface area contributed by atoms with E-state index in [4.69, 9.17) is 9.84 Å². The molecule has 1 aliphatic rings. The van der Waals surface area contributed by atoms with Crippen molar-refractivity contribution in [1.29, 1.82) is 0 Å². The number of hydrogen-bond donors (Lipinski definition) is 2. The Morgan fingerprint density at radius 1 is 1.53 bits per heavy atom. The van der Waals surface area contributed by atoms with E-state index in [1.807, 2.05) is 6.92 Å². The van der Waals surface area contributed by atoms with E-state index < -0.39 is 22.2 Å². The number of carbonyl (C=O) groups is 1. The van der Waals surface area contributed by atoms with Gasteiger partial charge in [0, 0.05) is 19.7 Å². The summed E-state index contributed by atoms with van der Waals surface area (Å²) in [5.74, 6) is -1.09. The first-order valence-electron chi connectivity index (χ1n) is 6.43. The fourth-order valence-corrected chi connectivity index (χ4v) is 3.85. The molecule has 19 heavy (non-hydrogen) atoms. The van der Waals surface area contributed by atoms with Crippen molar-refractivity contribution in [2.75, 3.05) is 20.3 Å². The maximum Gasteiger partial charge on any atom is 0.322 e. The number of aliphatic carboxylic acids is 1. The van der Waals surface area contributed by atoms with Crippen LogP contribution in [-0.4, -0.2) is 56.1 Å². The Morgan fingerprint density at radius 3 is 2.74 bits per heavy atom. The van der Waals surface area contributed by atoms with E-state index in [1.165, 1.54) is 7.11 Å². The predicted octanol–water partition coefficient (Wildman–Crippen LogP) is 0.185. The molecule has 0 saturated carbocycles. The van der Waals surface area contributed by atoms with E-state index in [1.54, 1.807) is 0 Å². The fraction of sp³-hybridized carbons (Fsp3) is 0.909. The summed E-state index contributed by atoms with van der Waals surface area (Å²) in [6, 6.07) is -1.31. The van der Waals surface area contributed by atoms with Gasteiger partial charge in [0.1, 0.15) is 6.04 Å². The summed E-state index contributed by atoms with van der Waals surface area (Å²) in [4.78, 5) is 11.1. The second-order valence-electron chi connectivity index (χ2n) is 4.64. The standard InChI is InChI=1S/C11H22N2O5S/c1-3-9(8-18-2)12-19(16,17)13-7-5-4-6-10(13)11(14)15/h9-10,12H,3-8H2,1-2H3,(H,14,15). The number of rotatable bonds is 7. The number of carboxylic acid groups (broad SMARTS) is 1. The molecule has 2 N–H and O–H groups in total. The van der Waals surface area contributed by atoms with Gasteiger partial charge in [-0.3, -0.25) is 4.79 Å². The molecule has 112 valence electrons. The van der Waals surface area contributed by atoms with E-state index >= 15 is 0 Å². The van der Waals surface area contributed by atoms with Crippen LogP contribution in [0.2, 0.25) is 0 Å². The van der Waals surface area contributed by atoms with Crippen molar-refractivity contribution in [3.63, 3.8) is 0 Å². The normalized spacial score (nSPS) is 23.2. The Labute approximate surface area is 114 Å². The van der Waals surface area contributed by atoms with Crippen molar-refractivity contribution in [1.82, 2.24) is 9.03 Å². The zero-order valence-corrected chi connectivity index (χ0v) is 12.1. The molecular formula is C11H22N2O5S. The molecule has 2 atom stereocenters. The number of nitrogens with zero attached hydrogens (tertiary/aromatic N) is 1. The number of methoxy groups -OCH3 is 1. The summed E-state index contributed by atoms with van der Waals surface area (Å²) in [6.45, 7) is 2.36. The van der Waals surface area contributed by atoms with Crippen LogP contribution in [0.25, 0.3) is 0 Å². The van der Waals surface area contributed by atoms with Gasteiger partial charge in [-0.2, -0.15) is 17.4 Å². The van der Waals surface area contributed by atoms with Crippen LogP contribution in [0.5, 0.6) is 0 Å². The van der Waals surface area contributed by atoms with Crippen molar-refractivity contribution < 1.29 is 23.1 Å². The fourth-order valence-electron chi connectivity index (χ4n) is 2.15. The topological polar surface area (TPSA) is 95.9 Å². The molecule has 1 heterocycles. The third-order valence-electron chi connectivity index (χ3n) is 3.22. The molecule has 0 aromatic heterocycles. The van der Waals surface area contributed by atoms with Crippen LogP contribution >= 0.6 is 0 Å². The van der Waals surface area contributed by atoms with E-state index in [2.05, 4.69) is 4.72 Å². The first kappa shape index (κ1) is 16.4. The molecule has 7 nitrogen and oxygen atoms in total. The van der Waals surface area contributed by atoms with Gasteiger partial charge < -0.3 is 9.84 Å². The molecule has 0 aromatic carbocycles. The predicted molar refractivity (Wildman–Crippen MR) is 70.0 cm³/mol. The Balaban J connectivity index is 2.81. The lowest BCUT2D eigenvalue weighted by atomic mass is 10.1. The second-order valence-corrected chi connectivity index (χ2v) is 6.30. The minimum atomic E-state index is -3.79. The molecular weight excluding hydrogens is 272 g/mol. The zero-order valence-electron chi connectivity index (χ0n) is 11.3. The number of nitrogens with one attached hydrogen (secondary N) is 1. The SMILES string of the molecule is CCC(COC)NS(=O)(=O)N1CCCCC1C(=O)O. The molecule has 1 aliphatic heterocycles. The van der Waals surface area contributed by atoms with Gasteiger partial charge in [0.15, 0.2) is 0 Å². The average Bonchev–Trinajstić information content (AvgIpc) is 2.38. The number of ether oxygens (including phenoxy) is 1. The lowest BCUT2D eigenvalue weighted by Gasteiger charge is -2.33. The third-order valence-corrected chi connectivity index (χ3v) is 4.91. The molecule has 0 aromatic rings. The van der Waals surface area contributed by atoms with E-state index in [9.17, 15) is 13.2 Å². The van der Waals surface area contributed by atoms with Gasteiger partial charge in [0.25, 0.3) is 10.2 Å². The first-order valence-corrected chi connectivity index (χ1v) is 7.87. The summed E-state index contributed by atoms with van der Waals surface area (Å²) in [5.41, 5.74) is 0. The van der Waals surface area contributed by atoms with Crippen molar-refractivity contribution in [2.45, 2.75) is 44.7 Å². The molecule has 0 spiro atoms. The van der Waals surface area contributed by atoms with Gasteiger partial charge >= 0.3 is 5.97 Å². The highest BCUT2D eigenvalue weighted by molar-refractivity contribution is 7.87. The van der Waals surface area contributed by atoms with Crippen LogP contribution in [-0.2, 0) is 19.7 Å². The highest BCUT2D eigenvalue weighted by Crippen LogP contribution is 2.20. The van der Waals surface area contributed by atoms with Crippen molar-refractivity contribution >= 4 is 16.2 Å². The Bertz CT molecular complexity index is 398. The zero-order chi connectivity index (χ0) is 14.5.